The van der Waals surface area contributed by atoms with Gasteiger partial charge in [-0.15, -0.1) is 0 Å². The first-order valence-electron chi connectivity index (χ1n) is 8.26. The number of rotatable bonds is 8. The van der Waals surface area contributed by atoms with Gasteiger partial charge in [-0.25, -0.2) is 0 Å². The molecule has 126 valence electrons. The van der Waals surface area contributed by atoms with Gasteiger partial charge in [0.15, 0.2) is 5.96 Å². The topological polar surface area (TPSA) is 39.7 Å². The number of guanidine groups is 1. The van der Waals surface area contributed by atoms with Crippen molar-refractivity contribution in [2.75, 3.05) is 43.6 Å². The van der Waals surface area contributed by atoms with Crippen molar-refractivity contribution in [1.29, 1.82) is 0 Å². The van der Waals surface area contributed by atoms with Gasteiger partial charge in [0.1, 0.15) is 0 Å². The van der Waals surface area contributed by atoms with Gasteiger partial charge in [-0.1, -0.05) is 24.3 Å². The van der Waals surface area contributed by atoms with Crippen LogP contribution in [0.2, 0.25) is 0 Å². The molecule has 1 aliphatic rings. The van der Waals surface area contributed by atoms with Crippen molar-refractivity contribution >= 4 is 23.4 Å². The Morgan fingerprint density at radius 3 is 2.78 bits per heavy atom. The normalized spacial score (nSPS) is 14.3. The van der Waals surface area contributed by atoms with Crippen LogP contribution in [0.25, 0.3) is 0 Å². The monoisotopic (exact) mass is 332 g/mol. The molecule has 23 heavy (non-hydrogen) atoms. The average molecular weight is 333 g/mol. The Balaban J connectivity index is 1.76. The van der Waals surface area contributed by atoms with Crippen molar-refractivity contribution in [2.45, 2.75) is 19.4 Å². The number of benzene rings is 1. The van der Waals surface area contributed by atoms with Crippen molar-refractivity contribution in [2.24, 2.45) is 4.99 Å². The Hall–Kier alpha value is -1.62. The second kappa shape index (κ2) is 10.2. The Labute approximate surface area is 144 Å². The van der Waals surface area contributed by atoms with Crippen LogP contribution in [0.4, 0.5) is 5.69 Å². The van der Waals surface area contributed by atoms with E-state index in [1.54, 1.807) is 0 Å². The van der Waals surface area contributed by atoms with Gasteiger partial charge in [0.2, 0.25) is 0 Å². The minimum Gasteiger partial charge on any atom is -0.364 e. The van der Waals surface area contributed by atoms with Gasteiger partial charge in [-0.2, -0.15) is 11.8 Å². The first kappa shape index (κ1) is 17.7. The van der Waals surface area contributed by atoms with Crippen molar-refractivity contribution in [1.82, 2.24) is 10.6 Å². The van der Waals surface area contributed by atoms with Gasteiger partial charge >= 0.3 is 0 Å². The average Bonchev–Trinajstić information content (AvgIpc) is 3.12. The molecule has 0 amide bonds. The highest BCUT2D eigenvalue weighted by atomic mass is 32.2. The minimum absolute atomic E-state index is 0.791. The highest BCUT2D eigenvalue weighted by Gasteiger charge is 2.08. The van der Waals surface area contributed by atoms with E-state index in [4.69, 9.17) is 0 Å². The van der Waals surface area contributed by atoms with Crippen molar-refractivity contribution in [3.05, 3.63) is 42.0 Å². The second-order valence-corrected chi connectivity index (χ2v) is 6.58. The largest absolute Gasteiger partial charge is 0.364 e. The van der Waals surface area contributed by atoms with E-state index in [0.717, 1.165) is 32.1 Å². The van der Waals surface area contributed by atoms with Crippen LogP contribution in [-0.4, -0.2) is 44.7 Å². The molecule has 0 aliphatic carbocycles. The van der Waals surface area contributed by atoms with Crippen LogP contribution in [0.5, 0.6) is 0 Å². The third-order valence-corrected chi connectivity index (χ3v) is 4.54. The molecule has 0 saturated heterocycles. The molecule has 1 aromatic carbocycles. The molecule has 0 radical (unpaired) electrons. The number of nitrogens with zero attached hydrogens (tertiary/aromatic N) is 2. The third-order valence-electron chi connectivity index (χ3n) is 3.85. The van der Waals surface area contributed by atoms with Crippen LogP contribution in [0, 0.1) is 0 Å². The molecule has 2 N–H and O–H groups in total. The van der Waals surface area contributed by atoms with Crippen LogP contribution in [0.3, 0.4) is 0 Å². The van der Waals surface area contributed by atoms with Crippen LogP contribution in [0.1, 0.15) is 18.4 Å². The smallest absolute Gasteiger partial charge is 0.191 e. The fraction of sp³-hybridized carbons (Fsp3) is 0.500. The predicted octanol–water partition coefficient (Wildman–Crippen LogP) is 2.87. The molecular weight excluding hydrogens is 304 g/mol. The summed E-state index contributed by atoms with van der Waals surface area (Å²) in [5.74, 6) is 2.11. The quantitative estimate of drug-likeness (QED) is 0.332. The minimum atomic E-state index is 0.791. The summed E-state index contributed by atoms with van der Waals surface area (Å²) in [7, 11) is 1.82. The number of hydrogen-bond acceptors (Lipinski definition) is 3. The van der Waals surface area contributed by atoms with E-state index >= 15 is 0 Å². The summed E-state index contributed by atoms with van der Waals surface area (Å²) in [5.41, 5.74) is 2.56. The van der Waals surface area contributed by atoms with Gasteiger partial charge in [0.05, 0.1) is 0 Å². The van der Waals surface area contributed by atoms with E-state index in [9.17, 15) is 0 Å². The van der Waals surface area contributed by atoms with E-state index in [1.807, 2.05) is 18.8 Å². The number of nitrogens with one attached hydrogen (secondary N) is 2. The molecule has 0 fully saturated rings. The fourth-order valence-corrected chi connectivity index (χ4v) is 3.03. The van der Waals surface area contributed by atoms with E-state index < -0.39 is 0 Å². The molecule has 0 spiro atoms. The van der Waals surface area contributed by atoms with E-state index in [1.165, 1.54) is 29.8 Å². The molecule has 0 saturated carbocycles. The first-order valence-corrected chi connectivity index (χ1v) is 9.65. The molecule has 5 heteroatoms. The zero-order valence-corrected chi connectivity index (χ0v) is 15.0. The van der Waals surface area contributed by atoms with Crippen molar-refractivity contribution < 1.29 is 0 Å². The highest BCUT2D eigenvalue weighted by molar-refractivity contribution is 7.98. The lowest BCUT2D eigenvalue weighted by Crippen LogP contribution is -2.37. The molecule has 1 heterocycles. The van der Waals surface area contributed by atoms with Crippen LogP contribution >= 0.6 is 11.8 Å². The lowest BCUT2D eigenvalue weighted by Gasteiger charge is -2.19. The molecule has 0 bridgehead atoms. The summed E-state index contributed by atoms with van der Waals surface area (Å²) in [6, 6.07) is 8.72. The lowest BCUT2D eigenvalue weighted by molar-refractivity contribution is 0.733. The number of hydrogen-bond donors (Lipinski definition) is 2. The van der Waals surface area contributed by atoms with Gasteiger partial charge in [-0.05, 0) is 42.5 Å². The van der Waals surface area contributed by atoms with Gasteiger partial charge in [0, 0.05) is 38.9 Å². The van der Waals surface area contributed by atoms with Gasteiger partial charge in [0.25, 0.3) is 0 Å². The summed E-state index contributed by atoms with van der Waals surface area (Å²) in [5, 5.41) is 6.77. The Morgan fingerprint density at radius 1 is 1.22 bits per heavy atom. The second-order valence-electron chi connectivity index (χ2n) is 5.60. The Bertz CT molecular complexity index is 520. The molecular formula is C18H28N4S. The number of aliphatic imine (C=N–C) groups is 1. The summed E-state index contributed by atoms with van der Waals surface area (Å²) in [4.78, 5) is 6.65. The summed E-state index contributed by atoms with van der Waals surface area (Å²) in [6.45, 7) is 3.78. The van der Waals surface area contributed by atoms with Crippen LogP contribution < -0.4 is 15.5 Å². The molecule has 1 aromatic rings. The van der Waals surface area contributed by atoms with E-state index in [2.05, 4.69) is 63.2 Å². The number of thioether (sulfide) groups is 1. The van der Waals surface area contributed by atoms with Crippen molar-refractivity contribution in [3.8, 4) is 0 Å². The fourth-order valence-electron chi connectivity index (χ4n) is 2.54. The molecule has 0 aromatic heterocycles. The van der Waals surface area contributed by atoms with E-state index in [0.29, 0.717) is 0 Å². The van der Waals surface area contributed by atoms with Gasteiger partial charge < -0.3 is 15.5 Å². The number of anilines is 1. The molecule has 0 unspecified atom stereocenters. The van der Waals surface area contributed by atoms with E-state index in [-0.39, 0.29) is 0 Å². The zero-order chi connectivity index (χ0) is 16.3. The molecule has 1 aliphatic heterocycles. The standard InChI is InChI=1S/C18H28N4S/c1-19-18(20-10-3-6-13-23-2)21-15-16-8-7-9-17(14-16)22-11-4-5-12-22/h4-5,7-9,14H,3,6,10-13,15H2,1-2H3,(H2,19,20,21). The van der Waals surface area contributed by atoms with Crippen LogP contribution in [0.15, 0.2) is 41.4 Å². The molecule has 0 atom stereocenters. The summed E-state index contributed by atoms with van der Waals surface area (Å²) < 4.78 is 0. The van der Waals surface area contributed by atoms with Crippen molar-refractivity contribution in [3.63, 3.8) is 0 Å². The third kappa shape index (κ3) is 6.18. The maximum atomic E-state index is 4.29. The SMILES string of the molecule is CN=C(NCCCCSC)NCc1cccc(N2CC=CC2)c1. The number of unbranched alkanes of at least 4 members (excludes halogenated alkanes) is 1. The summed E-state index contributed by atoms with van der Waals surface area (Å²) in [6.07, 6.45) is 9.01. The highest BCUT2D eigenvalue weighted by Crippen LogP contribution is 2.18. The Kier molecular flexibility index (Phi) is 7.87. The van der Waals surface area contributed by atoms with Gasteiger partial charge in [-0.3, -0.25) is 4.99 Å². The predicted molar refractivity (Wildman–Crippen MR) is 104 cm³/mol. The zero-order valence-electron chi connectivity index (χ0n) is 14.2. The maximum Gasteiger partial charge on any atom is 0.191 e. The maximum absolute atomic E-state index is 4.29. The lowest BCUT2D eigenvalue weighted by atomic mass is 10.2. The Morgan fingerprint density at radius 2 is 2.04 bits per heavy atom. The summed E-state index contributed by atoms with van der Waals surface area (Å²) >= 11 is 1.90. The molecule has 4 nitrogen and oxygen atoms in total. The van der Waals surface area contributed by atoms with Crippen LogP contribution in [-0.2, 0) is 6.54 Å². The first-order chi connectivity index (χ1) is 11.3. The molecule has 2 rings (SSSR count).